The first-order valence-electron chi connectivity index (χ1n) is 9.77. The fourth-order valence-corrected chi connectivity index (χ4v) is 4.22. The molecule has 1 aliphatic rings. The zero-order valence-electron chi connectivity index (χ0n) is 17.2. The van der Waals surface area contributed by atoms with E-state index in [9.17, 15) is 4.79 Å². The molecule has 1 saturated heterocycles. The summed E-state index contributed by atoms with van der Waals surface area (Å²) in [6.07, 6.45) is 4.29. The summed E-state index contributed by atoms with van der Waals surface area (Å²) < 4.78 is 12.3. The van der Waals surface area contributed by atoms with Crippen molar-refractivity contribution in [2.75, 3.05) is 19.8 Å². The van der Waals surface area contributed by atoms with Crippen LogP contribution in [-0.2, 0) is 4.79 Å². The minimum absolute atomic E-state index is 0.0835. The third-order valence-electron chi connectivity index (χ3n) is 4.71. The minimum Gasteiger partial charge on any atom is -0.493 e. The quantitative estimate of drug-likeness (QED) is 0.222. The molecule has 2 aromatic carbocycles. The van der Waals surface area contributed by atoms with Gasteiger partial charge in [0.2, 0.25) is 0 Å². The molecule has 0 unspecified atom stereocenters. The van der Waals surface area contributed by atoms with Crippen molar-refractivity contribution >= 4 is 40.3 Å². The van der Waals surface area contributed by atoms with Gasteiger partial charge in [-0.2, -0.15) is 0 Å². The number of thiocarbonyl (C=S) groups is 1. The lowest BCUT2D eigenvalue weighted by Crippen LogP contribution is -2.27. The lowest BCUT2D eigenvalue weighted by molar-refractivity contribution is -0.121. The number of carbonyl (C=O) groups excluding carboxylic acids is 1. The van der Waals surface area contributed by atoms with E-state index in [1.54, 1.807) is 11.0 Å². The first kappa shape index (κ1) is 22.1. The van der Waals surface area contributed by atoms with Crippen molar-refractivity contribution in [3.05, 3.63) is 76.7 Å². The van der Waals surface area contributed by atoms with Crippen LogP contribution in [0.5, 0.6) is 11.5 Å². The number of ether oxygens (including phenoxy) is 2. The van der Waals surface area contributed by atoms with Crippen molar-refractivity contribution in [3.8, 4) is 11.5 Å². The fraction of sp³-hybridized carbons (Fsp3) is 0.250. The van der Waals surface area contributed by atoms with Crippen LogP contribution in [0.25, 0.3) is 6.08 Å². The van der Waals surface area contributed by atoms with Crippen LogP contribution in [0.1, 0.15) is 23.1 Å². The van der Waals surface area contributed by atoms with Crippen LogP contribution in [0, 0.1) is 13.8 Å². The highest BCUT2D eigenvalue weighted by molar-refractivity contribution is 8.26. The maximum absolute atomic E-state index is 12.5. The summed E-state index contributed by atoms with van der Waals surface area (Å²) in [4.78, 5) is 14.6. The average Bonchev–Trinajstić information content (AvgIpc) is 2.99. The number of aryl methyl sites for hydroxylation is 1. The van der Waals surface area contributed by atoms with Crippen LogP contribution in [0.15, 0.2) is 60.0 Å². The SMILES string of the molecule is C=CCN1C(=O)C(=Cc2cccc(OCCCOc3cccc(C)c3C)c2)SC1=S. The predicted octanol–water partition coefficient (Wildman–Crippen LogP) is 5.54. The number of thioether (sulfide) groups is 1. The number of hydrogen-bond donors (Lipinski definition) is 0. The Hall–Kier alpha value is -2.57. The number of carbonyl (C=O) groups is 1. The fourth-order valence-electron chi connectivity index (χ4n) is 2.94. The normalized spacial score (nSPS) is 15.0. The molecule has 1 heterocycles. The molecule has 1 fully saturated rings. The zero-order valence-corrected chi connectivity index (χ0v) is 18.9. The second-order valence-electron chi connectivity index (χ2n) is 6.90. The van der Waals surface area contributed by atoms with E-state index in [1.807, 2.05) is 42.5 Å². The number of benzene rings is 2. The molecule has 0 spiro atoms. The molecular formula is C24H25NO3S2. The van der Waals surface area contributed by atoms with Gasteiger partial charge in [-0.1, -0.05) is 54.3 Å². The van der Waals surface area contributed by atoms with Crippen LogP contribution in [0.2, 0.25) is 0 Å². The average molecular weight is 440 g/mol. The van der Waals surface area contributed by atoms with Gasteiger partial charge < -0.3 is 9.47 Å². The van der Waals surface area contributed by atoms with Crippen LogP contribution < -0.4 is 9.47 Å². The smallest absolute Gasteiger partial charge is 0.266 e. The van der Waals surface area contributed by atoms with Gasteiger partial charge in [0.25, 0.3) is 5.91 Å². The number of hydrogen-bond acceptors (Lipinski definition) is 5. The maximum Gasteiger partial charge on any atom is 0.266 e. The van der Waals surface area contributed by atoms with Crippen molar-refractivity contribution in [1.29, 1.82) is 0 Å². The molecule has 0 radical (unpaired) electrons. The summed E-state index contributed by atoms with van der Waals surface area (Å²) in [5, 5.41) is 0. The van der Waals surface area contributed by atoms with Crippen LogP contribution in [-0.4, -0.2) is 34.9 Å². The van der Waals surface area contributed by atoms with Gasteiger partial charge in [0.05, 0.1) is 18.1 Å². The van der Waals surface area contributed by atoms with Crippen molar-refractivity contribution in [1.82, 2.24) is 4.90 Å². The topological polar surface area (TPSA) is 38.8 Å². The summed E-state index contributed by atoms with van der Waals surface area (Å²) in [5.41, 5.74) is 3.30. The van der Waals surface area contributed by atoms with Gasteiger partial charge in [-0.25, -0.2) is 0 Å². The van der Waals surface area contributed by atoms with Gasteiger partial charge in [-0.15, -0.1) is 6.58 Å². The molecule has 0 atom stereocenters. The van der Waals surface area contributed by atoms with Gasteiger partial charge in [0, 0.05) is 13.0 Å². The van der Waals surface area contributed by atoms with Crippen molar-refractivity contribution in [3.63, 3.8) is 0 Å². The Balaban J connectivity index is 1.52. The Bertz CT molecular complexity index is 984. The van der Waals surface area contributed by atoms with Gasteiger partial charge >= 0.3 is 0 Å². The van der Waals surface area contributed by atoms with E-state index in [0.29, 0.717) is 29.0 Å². The third-order valence-corrected chi connectivity index (χ3v) is 6.09. The van der Waals surface area contributed by atoms with Crippen molar-refractivity contribution in [2.24, 2.45) is 0 Å². The highest BCUT2D eigenvalue weighted by Crippen LogP contribution is 2.32. The summed E-state index contributed by atoms with van der Waals surface area (Å²) in [7, 11) is 0. The Morgan fingerprint density at radius 1 is 1.13 bits per heavy atom. The summed E-state index contributed by atoms with van der Waals surface area (Å²) in [6, 6.07) is 13.8. The van der Waals surface area contributed by atoms with E-state index < -0.39 is 0 Å². The molecule has 0 saturated carbocycles. The molecule has 3 rings (SSSR count). The zero-order chi connectivity index (χ0) is 21.5. The molecule has 1 aliphatic heterocycles. The molecule has 0 aromatic heterocycles. The lowest BCUT2D eigenvalue weighted by Gasteiger charge is -2.11. The monoisotopic (exact) mass is 439 g/mol. The molecule has 0 N–H and O–H groups in total. The maximum atomic E-state index is 12.5. The standard InChI is InChI=1S/C24H25NO3S2/c1-4-12-25-23(26)22(30-24(25)29)16-19-9-6-10-20(15-19)27-13-7-14-28-21-11-5-8-17(2)18(21)3/h4-6,8-11,15-16H,1,7,12-14H2,2-3H3. The number of rotatable bonds is 9. The van der Waals surface area contributed by atoms with E-state index in [0.717, 1.165) is 23.5 Å². The van der Waals surface area contributed by atoms with Crippen LogP contribution in [0.3, 0.4) is 0 Å². The molecule has 0 aliphatic carbocycles. The summed E-state index contributed by atoms with van der Waals surface area (Å²) >= 11 is 6.59. The highest BCUT2D eigenvalue weighted by Gasteiger charge is 2.30. The Morgan fingerprint density at radius 3 is 2.70 bits per heavy atom. The van der Waals surface area contributed by atoms with Crippen molar-refractivity contribution < 1.29 is 14.3 Å². The predicted molar refractivity (Wildman–Crippen MR) is 128 cm³/mol. The largest absolute Gasteiger partial charge is 0.493 e. The Morgan fingerprint density at radius 2 is 1.90 bits per heavy atom. The number of amides is 1. The van der Waals surface area contributed by atoms with E-state index in [1.165, 1.54) is 22.9 Å². The Kier molecular flexibility index (Phi) is 7.71. The van der Waals surface area contributed by atoms with Gasteiger partial charge in [-0.05, 0) is 54.8 Å². The lowest BCUT2D eigenvalue weighted by atomic mass is 10.1. The number of nitrogens with zero attached hydrogens (tertiary/aromatic N) is 1. The minimum atomic E-state index is -0.0835. The van der Waals surface area contributed by atoms with E-state index in [2.05, 4.69) is 26.5 Å². The Labute approximate surface area is 187 Å². The molecule has 6 heteroatoms. The van der Waals surface area contributed by atoms with E-state index >= 15 is 0 Å². The highest BCUT2D eigenvalue weighted by atomic mass is 32.2. The van der Waals surface area contributed by atoms with Crippen molar-refractivity contribution in [2.45, 2.75) is 20.3 Å². The van der Waals surface area contributed by atoms with E-state index in [-0.39, 0.29) is 5.91 Å². The van der Waals surface area contributed by atoms with Crippen LogP contribution in [0.4, 0.5) is 0 Å². The van der Waals surface area contributed by atoms with Gasteiger partial charge in [0.1, 0.15) is 15.8 Å². The molecule has 4 nitrogen and oxygen atoms in total. The third kappa shape index (κ3) is 5.52. The molecule has 0 bridgehead atoms. The molecular weight excluding hydrogens is 414 g/mol. The molecule has 2 aromatic rings. The second-order valence-corrected chi connectivity index (χ2v) is 8.58. The van der Waals surface area contributed by atoms with Gasteiger partial charge in [-0.3, -0.25) is 9.69 Å². The first-order valence-corrected chi connectivity index (χ1v) is 11.0. The summed E-state index contributed by atoms with van der Waals surface area (Å²) in [5.74, 6) is 1.60. The molecule has 30 heavy (non-hydrogen) atoms. The van der Waals surface area contributed by atoms with E-state index in [4.69, 9.17) is 21.7 Å². The van der Waals surface area contributed by atoms with Gasteiger partial charge in [0.15, 0.2) is 0 Å². The second kappa shape index (κ2) is 10.5. The van der Waals surface area contributed by atoms with Crippen LogP contribution >= 0.6 is 24.0 Å². The molecule has 156 valence electrons. The summed E-state index contributed by atoms with van der Waals surface area (Å²) in [6.45, 7) is 9.39. The molecule has 1 amide bonds. The first-order chi connectivity index (χ1) is 14.5.